The van der Waals surface area contributed by atoms with Crippen molar-refractivity contribution in [2.75, 3.05) is 19.0 Å². The van der Waals surface area contributed by atoms with E-state index in [-0.39, 0.29) is 5.56 Å². The fraction of sp³-hybridized carbons (Fsp3) is 0.500. The minimum Gasteiger partial charge on any atom is -0.377 e. The molecule has 132 valence electrons. The van der Waals surface area contributed by atoms with E-state index in [4.69, 9.17) is 4.98 Å². The highest BCUT2D eigenvalue weighted by Gasteiger charge is 2.19. The molecule has 25 heavy (non-hydrogen) atoms. The zero-order valence-corrected chi connectivity index (χ0v) is 15.8. The number of hydrogen-bond acceptors (Lipinski definition) is 4. The highest BCUT2D eigenvalue weighted by molar-refractivity contribution is 7.25. The van der Waals surface area contributed by atoms with Gasteiger partial charge in [0, 0.05) is 35.9 Å². The maximum atomic E-state index is 13.2. The summed E-state index contributed by atoms with van der Waals surface area (Å²) in [5.41, 5.74) is 2.12. The summed E-state index contributed by atoms with van der Waals surface area (Å²) < 4.78 is 3.85. The van der Waals surface area contributed by atoms with Crippen molar-refractivity contribution in [2.45, 2.75) is 51.0 Å². The first-order chi connectivity index (χ1) is 12.2. The number of anilines is 1. The molecule has 5 heteroatoms. The summed E-state index contributed by atoms with van der Waals surface area (Å²) in [5, 5.41) is 1.11. The summed E-state index contributed by atoms with van der Waals surface area (Å²) >= 11 is 1.58. The maximum Gasteiger partial charge on any atom is 0.271 e. The van der Waals surface area contributed by atoms with Gasteiger partial charge in [0.25, 0.3) is 5.56 Å². The van der Waals surface area contributed by atoms with Crippen molar-refractivity contribution in [1.82, 2.24) is 9.55 Å². The standard InChI is InChI=1S/C20H25N3OS/c1-22(2)15-11-8-12-16-17(15)18-19(25-16)20(24)23(13-21-18)14-9-6-4-3-5-7-10-14/h8,11-14H,3-7,9-10H2,1-2H3. The molecule has 1 aliphatic carbocycles. The van der Waals surface area contributed by atoms with Crippen LogP contribution < -0.4 is 10.5 Å². The Hall–Kier alpha value is -1.88. The van der Waals surface area contributed by atoms with Crippen LogP contribution in [0.5, 0.6) is 0 Å². The van der Waals surface area contributed by atoms with Gasteiger partial charge in [0.15, 0.2) is 0 Å². The molecule has 4 rings (SSSR count). The van der Waals surface area contributed by atoms with Crippen LogP contribution in [-0.4, -0.2) is 23.6 Å². The molecule has 1 aliphatic rings. The van der Waals surface area contributed by atoms with E-state index in [1.54, 1.807) is 17.7 Å². The first kappa shape index (κ1) is 16.6. The van der Waals surface area contributed by atoms with Gasteiger partial charge in [-0.25, -0.2) is 4.98 Å². The molecule has 1 saturated carbocycles. The van der Waals surface area contributed by atoms with E-state index in [0.717, 1.165) is 38.8 Å². The summed E-state index contributed by atoms with van der Waals surface area (Å²) in [6.07, 6.45) is 10.3. The Labute approximate surface area is 152 Å². The van der Waals surface area contributed by atoms with E-state index in [2.05, 4.69) is 23.1 Å². The second-order valence-electron chi connectivity index (χ2n) is 7.28. The van der Waals surface area contributed by atoms with Crippen LogP contribution in [0.2, 0.25) is 0 Å². The smallest absolute Gasteiger partial charge is 0.271 e. The van der Waals surface area contributed by atoms with Gasteiger partial charge in [-0.3, -0.25) is 9.36 Å². The van der Waals surface area contributed by atoms with Gasteiger partial charge in [-0.2, -0.15) is 0 Å². The van der Waals surface area contributed by atoms with Gasteiger partial charge in [-0.1, -0.05) is 38.2 Å². The lowest BCUT2D eigenvalue weighted by Gasteiger charge is -2.21. The molecule has 0 unspecified atom stereocenters. The molecule has 0 radical (unpaired) electrons. The lowest BCUT2D eigenvalue weighted by atomic mass is 9.96. The summed E-state index contributed by atoms with van der Waals surface area (Å²) in [6, 6.07) is 6.55. The number of thiophene rings is 1. The molecular weight excluding hydrogens is 330 g/mol. The van der Waals surface area contributed by atoms with Crippen LogP contribution in [0.25, 0.3) is 20.3 Å². The third-order valence-electron chi connectivity index (χ3n) is 5.36. The lowest BCUT2D eigenvalue weighted by molar-refractivity contribution is 0.364. The normalized spacial score (nSPS) is 16.9. The summed E-state index contributed by atoms with van der Waals surface area (Å²) in [7, 11) is 4.07. The Kier molecular flexibility index (Phi) is 4.50. The topological polar surface area (TPSA) is 38.1 Å². The second kappa shape index (κ2) is 6.79. The van der Waals surface area contributed by atoms with Crippen LogP contribution >= 0.6 is 11.3 Å². The molecule has 0 saturated heterocycles. The molecule has 1 aromatic carbocycles. The van der Waals surface area contributed by atoms with Crippen molar-refractivity contribution in [1.29, 1.82) is 0 Å². The molecule has 0 spiro atoms. The van der Waals surface area contributed by atoms with E-state index in [1.807, 2.05) is 18.7 Å². The second-order valence-corrected chi connectivity index (χ2v) is 8.33. The zero-order valence-electron chi connectivity index (χ0n) is 15.0. The molecule has 1 fully saturated rings. The molecule has 4 nitrogen and oxygen atoms in total. The zero-order chi connectivity index (χ0) is 17.4. The van der Waals surface area contributed by atoms with E-state index < -0.39 is 0 Å². The number of nitrogens with zero attached hydrogens (tertiary/aromatic N) is 3. The van der Waals surface area contributed by atoms with Crippen LogP contribution in [0, 0.1) is 0 Å². The Morgan fingerprint density at radius 1 is 1.12 bits per heavy atom. The Bertz CT molecular complexity index is 949. The van der Waals surface area contributed by atoms with E-state index in [9.17, 15) is 4.79 Å². The van der Waals surface area contributed by atoms with Crippen molar-refractivity contribution >= 4 is 37.3 Å². The molecule has 0 bridgehead atoms. The number of fused-ring (bicyclic) bond motifs is 3. The minimum atomic E-state index is 0.140. The highest BCUT2D eigenvalue weighted by Crippen LogP contribution is 2.37. The fourth-order valence-electron chi connectivity index (χ4n) is 4.02. The van der Waals surface area contributed by atoms with Gasteiger partial charge in [0.1, 0.15) is 4.70 Å². The molecule has 2 aromatic heterocycles. The van der Waals surface area contributed by atoms with Gasteiger partial charge < -0.3 is 4.90 Å². The number of rotatable bonds is 2. The predicted molar refractivity (Wildman–Crippen MR) is 107 cm³/mol. The summed E-state index contributed by atoms with van der Waals surface area (Å²) in [6.45, 7) is 0. The van der Waals surface area contributed by atoms with Gasteiger partial charge in [0.2, 0.25) is 0 Å². The van der Waals surface area contributed by atoms with Crippen LogP contribution in [-0.2, 0) is 0 Å². The average Bonchev–Trinajstić information content (AvgIpc) is 2.95. The van der Waals surface area contributed by atoms with Crippen LogP contribution in [0.1, 0.15) is 51.0 Å². The van der Waals surface area contributed by atoms with Crippen molar-refractivity contribution in [3.8, 4) is 0 Å². The summed E-state index contributed by atoms with van der Waals surface area (Å²) in [5.74, 6) is 0. The monoisotopic (exact) mass is 355 g/mol. The summed E-state index contributed by atoms with van der Waals surface area (Å²) in [4.78, 5) is 20.0. The van der Waals surface area contributed by atoms with Gasteiger partial charge in [-0.05, 0) is 25.0 Å². The van der Waals surface area contributed by atoms with Crippen LogP contribution in [0.15, 0.2) is 29.3 Å². The third-order valence-corrected chi connectivity index (χ3v) is 6.49. The van der Waals surface area contributed by atoms with E-state index >= 15 is 0 Å². The lowest BCUT2D eigenvalue weighted by Crippen LogP contribution is -2.25. The molecular formula is C20H25N3OS. The maximum absolute atomic E-state index is 13.2. The van der Waals surface area contributed by atoms with Crippen LogP contribution in [0.4, 0.5) is 5.69 Å². The van der Waals surface area contributed by atoms with Crippen LogP contribution in [0.3, 0.4) is 0 Å². The molecule has 3 aromatic rings. The molecule has 0 atom stereocenters. The Morgan fingerprint density at radius 3 is 2.56 bits per heavy atom. The number of aromatic nitrogens is 2. The van der Waals surface area contributed by atoms with Gasteiger partial charge in [0.05, 0.1) is 11.8 Å². The quantitative estimate of drug-likeness (QED) is 0.652. The third kappa shape index (κ3) is 2.95. The molecule has 0 amide bonds. The van der Waals surface area contributed by atoms with Crippen molar-refractivity contribution in [3.63, 3.8) is 0 Å². The van der Waals surface area contributed by atoms with Crippen molar-refractivity contribution < 1.29 is 0 Å². The first-order valence-corrected chi connectivity index (χ1v) is 10.1. The molecule has 0 aliphatic heterocycles. The first-order valence-electron chi connectivity index (χ1n) is 9.26. The predicted octanol–water partition coefficient (Wildman–Crippen LogP) is 4.96. The fourth-order valence-corrected chi connectivity index (χ4v) is 5.13. The van der Waals surface area contributed by atoms with E-state index in [1.165, 1.54) is 32.1 Å². The van der Waals surface area contributed by atoms with Crippen molar-refractivity contribution in [2.24, 2.45) is 0 Å². The SMILES string of the molecule is CN(C)c1cccc2sc3c(=O)n(C4CCCCCCC4)cnc3c12. The van der Waals surface area contributed by atoms with E-state index in [0.29, 0.717) is 6.04 Å². The molecule has 2 heterocycles. The number of benzene rings is 1. The van der Waals surface area contributed by atoms with Crippen molar-refractivity contribution in [3.05, 3.63) is 34.9 Å². The Balaban J connectivity index is 1.87. The average molecular weight is 356 g/mol. The minimum absolute atomic E-state index is 0.140. The number of hydrogen-bond donors (Lipinski definition) is 0. The molecule has 0 N–H and O–H groups in total. The van der Waals surface area contributed by atoms with Gasteiger partial charge in [-0.15, -0.1) is 11.3 Å². The Morgan fingerprint density at radius 2 is 1.84 bits per heavy atom. The highest BCUT2D eigenvalue weighted by atomic mass is 32.1. The van der Waals surface area contributed by atoms with Gasteiger partial charge >= 0.3 is 0 Å². The largest absolute Gasteiger partial charge is 0.377 e.